The molecule has 5 N–H and O–H groups in total. The molecule has 1 saturated heterocycles. The van der Waals surface area contributed by atoms with Gasteiger partial charge in [-0.05, 0) is 13.3 Å². The van der Waals surface area contributed by atoms with Gasteiger partial charge in [0.1, 0.15) is 10.6 Å². The summed E-state index contributed by atoms with van der Waals surface area (Å²) in [5.41, 5.74) is 7.05. The molecule has 11 heteroatoms. The second kappa shape index (κ2) is 7.43. The number of thiazole rings is 1. The third-order valence-corrected chi connectivity index (χ3v) is 6.22. The first-order valence-corrected chi connectivity index (χ1v) is 9.39. The molecule has 0 aromatic carbocycles. The van der Waals surface area contributed by atoms with Crippen molar-refractivity contribution in [3.05, 3.63) is 32.5 Å². The van der Waals surface area contributed by atoms with E-state index < -0.39 is 5.97 Å². The summed E-state index contributed by atoms with van der Waals surface area (Å²) in [4.78, 5) is 32.5. The van der Waals surface area contributed by atoms with Crippen molar-refractivity contribution in [1.29, 1.82) is 0 Å². The highest BCUT2D eigenvalue weighted by atomic mass is 35.5. The number of carboxylic acid groups (broad SMARTS) is 1. The molecule has 0 bridgehead atoms. The van der Waals surface area contributed by atoms with Gasteiger partial charge in [0.15, 0.2) is 5.13 Å². The Kier molecular flexibility index (Phi) is 5.42. The van der Waals surface area contributed by atoms with E-state index in [0.717, 1.165) is 11.3 Å². The number of hydrogen-bond acceptors (Lipinski definition) is 6. The fraction of sp³-hybridized carbons (Fsp3) is 0.400. The number of carboxylic acids is 1. The van der Waals surface area contributed by atoms with E-state index in [2.05, 4.69) is 15.3 Å². The van der Waals surface area contributed by atoms with Crippen LogP contribution in [0.2, 0.25) is 10.0 Å². The summed E-state index contributed by atoms with van der Waals surface area (Å²) in [6, 6.07) is -0.578. The number of nitrogens with one attached hydrogen (secondary N) is 2. The lowest BCUT2D eigenvalue weighted by Crippen LogP contribution is -2.58. The highest BCUT2D eigenvalue weighted by Gasteiger charge is 2.30. The van der Waals surface area contributed by atoms with Crippen molar-refractivity contribution in [1.82, 2.24) is 15.3 Å². The number of nitrogens with zero attached hydrogens (tertiary/aromatic N) is 2. The molecule has 1 fully saturated rings. The van der Waals surface area contributed by atoms with Crippen molar-refractivity contribution >= 4 is 51.5 Å². The van der Waals surface area contributed by atoms with E-state index in [9.17, 15) is 9.59 Å². The quantitative estimate of drug-likeness (QED) is 0.603. The van der Waals surface area contributed by atoms with Crippen molar-refractivity contribution in [2.24, 2.45) is 5.73 Å². The average Bonchev–Trinajstić information content (AvgIpc) is 3.18. The molecule has 0 aliphatic carbocycles. The van der Waals surface area contributed by atoms with Gasteiger partial charge in [-0.15, -0.1) is 0 Å². The number of rotatable bonds is 4. The summed E-state index contributed by atoms with van der Waals surface area (Å²) in [6.45, 7) is 2.79. The molecule has 3 rings (SSSR count). The molecule has 0 saturated carbocycles. The van der Waals surface area contributed by atoms with Crippen LogP contribution in [0, 0.1) is 6.92 Å². The molecule has 0 radical (unpaired) electrons. The third kappa shape index (κ3) is 3.66. The Morgan fingerprint density at radius 2 is 2.19 bits per heavy atom. The van der Waals surface area contributed by atoms with Crippen LogP contribution in [0.5, 0.6) is 0 Å². The molecule has 1 aliphatic rings. The van der Waals surface area contributed by atoms with E-state index in [-0.39, 0.29) is 33.6 Å². The van der Waals surface area contributed by atoms with Crippen molar-refractivity contribution in [3.63, 3.8) is 0 Å². The first-order chi connectivity index (χ1) is 12.3. The summed E-state index contributed by atoms with van der Waals surface area (Å²) in [5, 5.41) is 13.0. The third-order valence-electron chi connectivity index (χ3n) is 4.23. The minimum absolute atomic E-state index is 0.178. The molecule has 2 aromatic rings. The normalized spacial score (nSPS) is 20.2. The number of anilines is 1. The van der Waals surface area contributed by atoms with Crippen LogP contribution in [0.3, 0.4) is 0 Å². The Morgan fingerprint density at radius 3 is 2.73 bits per heavy atom. The molecule has 8 nitrogen and oxygen atoms in total. The Hall–Kier alpha value is -1.81. The topological polar surface area (TPSA) is 124 Å². The summed E-state index contributed by atoms with van der Waals surface area (Å²) >= 11 is 13.2. The van der Waals surface area contributed by atoms with Crippen LogP contribution in [0.25, 0.3) is 0 Å². The first-order valence-electron chi connectivity index (χ1n) is 7.82. The molecule has 1 aliphatic heterocycles. The number of aryl methyl sites for hydroxylation is 1. The van der Waals surface area contributed by atoms with Gasteiger partial charge in [-0.3, -0.25) is 4.79 Å². The van der Waals surface area contributed by atoms with Crippen LogP contribution in [-0.4, -0.2) is 52.1 Å². The maximum Gasteiger partial charge on any atom is 0.347 e. The molecule has 2 unspecified atom stereocenters. The maximum atomic E-state index is 12.4. The van der Waals surface area contributed by atoms with Gasteiger partial charge in [-0.2, -0.15) is 0 Å². The number of aromatic carboxylic acids is 1. The van der Waals surface area contributed by atoms with Gasteiger partial charge in [0, 0.05) is 30.9 Å². The van der Waals surface area contributed by atoms with Crippen molar-refractivity contribution < 1.29 is 14.7 Å². The summed E-state index contributed by atoms with van der Waals surface area (Å²) in [6.07, 6.45) is 1.93. The lowest BCUT2D eigenvalue weighted by Gasteiger charge is -2.36. The molecule has 1 amide bonds. The van der Waals surface area contributed by atoms with Crippen LogP contribution in [0.15, 0.2) is 6.20 Å². The van der Waals surface area contributed by atoms with E-state index in [4.69, 9.17) is 34.0 Å². The van der Waals surface area contributed by atoms with Gasteiger partial charge in [0.25, 0.3) is 5.91 Å². The van der Waals surface area contributed by atoms with Crippen LogP contribution >= 0.6 is 34.5 Å². The number of carbonyl (C=O) groups is 2. The molecular formula is C15H17Cl2N5O3S. The summed E-state index contributed by atoms with van der Waals surface area (Å²) < 4.78 is 0. The fourth-order valence-corrected chi connectivity index (χ4v) is 4.02. The molecule has 26 heavy (non-hydrogen) atoms. The number of aromatic nitrogens is 2. The number of hydrogen-bond donors (Lipinski definition) is 4. The number of H-pyrrole nitrogens is 1. The summed E-state index contributed by atoms with van der Waals surface area (Å²) in [5.74, 6) is -1.36. The summed E-state index contributed by atoms with van der Waals surface area (Å²) in [7, 11) is 0. The Morgan fingerprint density at radius 1 is 1.46 bits per heavy atom. The lowest BCUT2D eigenvalue weighted by molar-refractivity contribution is 0.0701. The second-order valence-corrected chi connectivity index (χ2v) is 7.81. The second-order valence-electron chi connectivity index (χ2n) is 6.04. The van der Waals surface area contributed by atoms with Crippen LogP contribution in [-0.2, 0) is 0 Å². The molecule has 0 spiro atoms. The maximum absolute atomic E-state index is 12.4. The van der Waals surface area contributed by atoms with Crippen LogP contribution in [0.4, 0.5) is 5.13 Å². The van der Waals surface area contributed by atoms with Crippen LogP contribution < -0.4 is 16.0 Å². The number of amides is 1. The standard InChI is InChI=1S/C15H17Cl2N5O3S/c1-6-10(16)11(17)12(20-6)13(23)21-8-2-3-22(5-7(8)18)15-19-4-9(26-15)14(24)25/h4,7-8,20H,2-3,5,18H2,1H3,(H,21,23)(H,24,25). The smallest absolute Gasteiger partial charge is 0.347 e. The first kappa shape index (κ1) is 19.0. The molecular weight excluding hydrogens is 401 g/mol. The zero-order chi connectivity index (χ0) is 19.0. The zero-order valence-electron chi connectivity index (χ0n) is 13.8. The minimum atomic E-state index is -1.00. The van der Waals surface area contributed by atoms with Crippen LogP contribution in [0.1, 0.15) is 32.3 Å². The van der Waals surface area contributed by atoms with E-state index in [1.807, 2.05) is 4.90 Å². The molecule has 2 atom stereocenters. The van der Waals surface area contributed by atoms with E-state index in [1.54, 1.807) is 6.92 Å². The Labute approximate surface area is 163 Å². The number of carbonyl (C=O) groups excluding carboxylic acids is 1. The minimum Gasteiger partial charge on any atom is -0.477 e. The average molecular weight is 418 g/mol. The number of aromatic amines is 1. The van der Waals surface area contributed by atoms with Gasteiger partial charge in [0.05, 0.1) is 16.2 Å². The molecule has 140 valence electrons. The SMILES string of the molecule is Cc1[nH]c(C(=O)NC2CCN(c3ncc(C(=O)O)s3)CC2N)c(Cl)c1Cl. The number of piperidine rings is 1. The van der Waals surface area contributed by atoms with Crippen molar-refractivity contribution in [2.45, 2.75) is 25.4 Å². The van der Waals surface area contributed by atoms with Crippen molar-refractivity contribution in [2.75, 3.05) is 18.0 Å². The van der Waals surface area contributed by atoms with E-state index in [1.165, 1.54) is 6.20 Å². The predicted molar refractivity (Wildman–Crippen MR) is 101 cm³/mol. The van der Waals surface area contributed by atoms with E-state index in [0.29, 0.717) is 35.4 Å². The Balaban J connectivity index is 1.64. The molecule has 3 heterocycles. The van der Waals surface area contributed by atoms with Gasteiger partial charge >= 0.3 is 5.97 Å². The predicted octanol–water partition coefficient (Wildman–Crippen LogP) is 2.12. The lowest BCUT2D eigenvalue weighted by atomic mass is 10.0. The van der Waals surface area contributed by atoms with Crippen molar-refractivity contribution in [3.8, 4) is 0 Å². The zero-order valence-corrected chi connectivity index (χ0v) is 16.1. The van der Waals surface area contributed by atoms with E-state index >= 15 is 0 Å². The number of halogens is 2. The highest BCUT2D eigenvalue weighted by Crippen LogP contribution is 2.29. The van der Waals surface area contributed by atoms with Gasteiger partial charge in [-0.25, -0.2) is 9.78 Å². The highest BCUT2D eigenvalue weighted by molar-refractivity contribution is 7.17. The molecule has 2 aromatic heterocycles. The van der Waals surface area contributed by atoms with Gasteiger partial charge in [0.2, 0.25) is 0 Å². The van der Waals surface area contributed by atoms with Gasteiger partial charge < -0.3 is 26.0 Å². The monoisotopic (exact) mass is 417 g/mol. The van der Waals surface area contributed by atoms with Gasteiger partial charge in [-0.1, -0.05) is 34.5 Å². The fourth-order valence-electron chi connectivity index (χ4n) is 2.81. The number of nitrogens with two attached hydrogens (primary N) is 1. The Bertz CT molecular complexity index is 852. The largest absolute Gasteiger partial charge is 0.477 e.